The van der Waals surface area contributed by atoms with Gasteiger partial charge in [-0.15, -0.1) is 24.8 Å². The quantitative estimate of drug-likeness (QED) is 0.640. The van der Waals surface area contributed by atoms with E-state index in [1.54, 1.807) is 0 Å². The summed E-state index contributed by atoms with van der Waals surface area (Å²) in [6.07, 6.45) is 4.01. The highest BCUT2D eigenvalue weighted by atomic mass is 35.5. The zero-order valence-corrected chi connectivity index (χ0v) is 14.9. The number of hydrogen-bond donors (Lipinski definition) is 3. The van der Waals surface area contributed by atoms with Gasteiger partial charge in [0.15, 0.2) is 0 Å². The number of ether oxygens (including phenoxy) is 1. The van der Waals surface area contributed by atoms with Crippen molar-refractivity contribution < 1.29 is 9.53 Å². The minimum absolute atomic E-state index is 0. The Morgan fingerprint density at radius 2 is 2.13 bits per heavy atom. The third-order valence-corrected chi connectivity index (χ3v) is 3.53. The van der Waals surface area contributed by atoms with Gasteiger partial charge in [0.1, 0.15) is 11.9 Å². The van der Waals surface area contributed by atoms with Crippen LogP contribution >= 0.6 is 24.8 Å². The van der Waals surface area contributed by atoms with E-state index in [0.717, 1.165) is 37.2 Å². The summed E-state index contributed by atoms with van der Waals surface area (Å²) in [5.74, 6) is 0.830. The van der Waals surface area contributed by atoms with Crippen LogP contribution in [0.2, 0.25) is 0 Å². The van der Waals surface area contributed by atoms with Crippen molar-refractivity contribution in [2.75, 3.05) is 25.0 Å². The van der Waals surface area contributed by atoms with E-state index < -0.39 is 0 Å². The highest BCUT2D eigenvalue weighted by molar-refractivity contribution is 5.85. The van der Waals surface area contributed by atoms with Crippen LogP contribution in [0.25, 0.3) is 0 Å². The second kappa shape index (κ2) is 11.5. The first-order valence-corrected chi connectivity index (χ1v) is 7.49. The zero-order valence-electron chi connectivity index (χ0n) is 13.3. The molecular weight excluding hydrogens is 339 g/mol. The fourth-order valence-corrected chi connectivity index (χ4v) is 2.27. The molecule has 0 radical (unpaired) electrons. The van der Waals surface area contributed by atoms with Crippen LogP contribution < -0.4 is 16.4 Å². The van der Waals surface area contributed by atoms with Crippen LogP contribution in [0.15, 0.2) is 18.3 Å². The molecule has 4 N–H and O–H groups in total. The van der Waals surface area contributed by atoms with E-state index in [1.807, 2.05) is 25.3 Å². The van der Waals surface area contributed by atoms with Crippen LogP contribution in [-0.2, 0) is 9.53 Å². The molecule has 1 aromatic rings. The predicted octanol–water partition coefficient (Wildman–Crippen LogP) is 1.66. The van der Waals surface area contributed by atoms with Crippen LogP contribution in [0.1, 0.15) is 24.8 Å². The highest BCUT2D eigenvalue weighted by Crippen LogP contribution is 2.18. The van der Waals surface area contributed by atoms with Crippen LogP contribution in [0.3, 0.4) is 0 Å². The van der Waals surface area contributed by atoms with Crippen molar-refractivity contribution in [1.82, 2.24) is 10.3 Å². The minimum Gasteiger partial charge on any atom is -0.370 e. The van der Waals surface area contributed by atoms with Crippen molar-refractivity contribution in [3.63, 3.8) is 0 Å². The first-order chi connectivity index (χ1) is 10.2. The average molecular weight is 365 g/mol. The van der Waals surface area contributed by atoms with Gasteiger partial charge in [-0.05, 0) is 37.8 Å². The molecule has 0 spiro atoms. The van der Waals surface area contributed by atoms with Crippen molar-refractivity contribution in [1.29, 1.82) is 0 Å². The molecule has 132 valence electrons. The van der Waals surface area contributed by atoms with Crippen molar-refractivity contribution in [2.45, 2.75) is 38.4 Å². The van der Waals surface area contributed by atoms with Gasteiger partial charge < -0.3 is 21.1 Å². The number of nitrogens with one attached hydrogen (secondary N) is 2. The van der Waals surface area contributed by atoms with Gasteiger partial charge in [-0.3, -0.25) is 4.79 Å². The van der Waals surface area contributed by atoms with Crippen molar-refractivity contribution in [3.8, 4) is 0 Å². The molecular formula is C15H26Cl2N4O2. The lowest BCUT2D eigenvalue weighted by Crippen LogP contribution is -2.36. The van der Waals surface area contributed by atoms with Gasteiger partial charge in [0, 0.05) is 25.8 Å². The smallest absolute Gasteiger partial charge is 0.249 e. The van der Waals surface area contributed by atoms with Crippen LogP contribution in [0.4, 0.5) is 5.82 Å². The Balaban J connectivity index is 0.00000242. The van der Waals surface area contributed by atoms with E-state index in [1.165, 1.54) is 0 Å². The Hall–Kier alpha value is -1.08. The first kappa shape index (κ1) is 21.9. The summed E-state index contributed by atoms with van der Waals surface area (Å²) in [5.41, 5.74) is 6.67. The molecule has 23 heavy (non-hydrogen) atoms. The van der Waals surface area contributed by atoms with Crippen molar-refractivity contribution in [3.05, 3.63) is 23.9 Å². The summed E-state index contributed by atoms with van der Waals surface area (Å²) < 4.78 is 5.55. The maximum absolute atomic E-state index is 11.9. The Morgan fingerprint density at radius 3 is 2.74 bits per heavy atom. The molecule has 1 aliphatic rings. The first-order valence-electron chi connectivity index (χ1n) is 7.49. The minimum atomic E-state index is -0.328. The molecule has 0 aliphatic carbocycles. The molecule has 0 bridgehead atoms. The number of aromatic nitrogens is 1. The molecule has 0 aromatic carbocycles. The number of aryl methyl sites for hydroxylation is 1. The topological polar surface area (TPSA) is 89.3 Å². The van der Waals surface area contributed by atoms with Crippen LogP contribution in [0, 0.1) is 6.92 Å². The van der Waals surface area contributed by atoms with Crippen molar-refractivity contribution >= 4 is 36.5 Å². The molecule has 1 aliphatic heterocycles. The summed E-state index contributed by atoms with van der Waals surface area (Å²) in [6.45, 7) is 3.89. The zero-order chi connectivity index (χ0) is 15.1. The fraction of sp³-hybridized carbons (Fsp3) is 0.600. The van der Waals surface area contributed by atoms with Gasteiger partial charge in [-0.1, -0.05) is 6.07 Å². The number of hydrogen-bond acceptors (Lipinski definition) is 5. The molecule has 0 saturated carbocycles. The number of anilines is 1. The molecule has 1 amide bonds. The van der Waals surface area contributed by atoms with E-state index in [2.05, 4.69) is 15.6 Å². The maximum Gasteiger partial charge on any atom is 0.249 e. The number of nitrogens with two attached hydrogens (primary N) is 1. The van der Waals surface area contributed by atoms with Crippen molar-refractivity contribution in [2.24, 2.45) is 5.73 Å². The second-order valence-corrected chi connectivity index (χ2v) is 5.35. The Labute approximate surface area is 149 Å². The number of carbonyl (C=O) groups excluding carboxylic acids is 1. The van der Waals surface area contributed by atoms with Gasteiger partial charge in [-0.2, -0.15) is 0 Å². The van der Waals surface area contributed by atoms with E-state index in [9.17, 15) is 4.79 Å². The average Bonchev–Trinajstić information content (AvgIpc) is 2.98. The molecule has 2 heterocycles. The second-order valence-electron chi connectivity index (χ2n) is 5.35. The third-order valence-electron chi connectivity index (χ3n) is 3.53. The van der Waals surface area contributed by atoms with Gasteiger partial charge in [0.25, 0.3) is 0 Å². The lowest BCUT2D eigenvalue weighted by atomic mass is 10.2. The number of nitrogens with zero attached hydrogens (tertiary/aromatic N) is 1. The van der Waals surface area contributed by atoms with Gasteiger partial charge in [0.05, 0.1) is 6.10 Å². The van der Waals surface area contributed by atoms with E-state index >= 15 is 0 Å². The lowest BCUT2D eigenvalue weighted by Gasteiger charge is -2.12. The predicted molar refractivity (Wildman–Crippen MR) is 96.5 cm³/mol. The maximum atomic E-state index is 11.9. The molecule has 8 heteroatoms. The highest BCUT2D eigenvalue weighted by Gasteiger charge is 2.29. The van der Waals surface area contributed by atoms with E-state index in [0.29, 0.717) is 13.1 Å². The largest absolute Gasteiger partial charge is 0.370 e. The Bertz CT molecular complexity index is 459. The summed E-state index contributed by atoms with van der Waals surface area (Å²) >= 11 is 0. The summed E-state index contributed by atoms with van der Waals surface area (Å²) in [4.78, 5) is 16.1. The lowest BCUT2D eigenvalue weighted by molar-refractivity contribution is -0.131. The number of carbonyl (C=O) groups is 1. The molecule has 0 unspecified atom stereocenters. The Morgan fingerprint density at radius 1 is 1.35 bits per heavy atom. The standard InChI is InChI=1S/C15H24N4O2.2ClH/c1-11-3-6-14(19-10-11)17-7-2-8-18-15(20)13-5-4-12(9-16)21-13;;/h3,6,10,12-13H,2,4-5,7-9,16H2,1H3,(H,17,19)(H,18,20);2*1H/t12-,13+;;/m1../s1. The molecule has 1 fully saturated rings. The molecule has 1 saturated heterocycles. The summed E-state index contributed by atoms with van der Waals surface area (Å²) in [5, 5.41) is 6.12. The fourth-order valence-electron chi connectivity index (χ4n) is 2.27. The normalized spacial score (nSPS) is 19.4. The number of amides is 1. The van der Waals surface area contributed by atoms with Gasteiger partial charge in [-0.25, -0.2) is 4.98 Å². The SMILES string of the molecule is Cc1ccc(NCCCNC(=O)[C@@H]2CC[C@H](CN)O2)nc1.Cl.Cl. The number of pyridine rings is 1. The van der Waals surface area contributed by atoms with E-state index in [4.69, 9.17) is 10.5 Å². The monoisotopic (exact) mass is 364 g/mol. The summed E-state index contributed by atoms with van der Waals surface area (Å²) in [6, 6.07) is 3.97. The van der Waals surface area contributed by atoms with Crippen LogP contribution in [0.5, 0.6) is 0 Å². The Kier molecular flexibility index (Phi) is 10.9. The number of halogens is 2. The van der Waals surface area contributed by atoms with Gasteiger partial charge in [0.2, 0.25) is 5.91 Å². The van der Waals surface area contributed by atoms with E-state index in [-0.39, 0.29) is 42.9 Å². The molecule has 2 rings (SSSR count). The van der Waals surface area contributed by atoms with Crippen LogP contribution in [-0.4, -0.2) is 42.7 Å². The number of rotatable bonds is 7. The molecule has 6 nitrogen and oxygen atoms in total. The van der Waals surface area contributed by atoms with Gasteiger partial charge >= 0.3 is 0 Å². The molecule has 2 atom stereocenters. The molecule has 1 aromatic heterocycles. The third kappa shape index (κ3) is 7.35. The summed E-state index contributed by atoms with van der Waals surface area (Å²) in [7, 11) is 0.